The first-order valence-electron chi connectivity index (χ1n) is 55.2. The van der Waals surface area contributed by atoms with Crippen molar-refractivity contribution in [2.24, 2.45) is 59.6 Å². The van der Waals surface area contributed by atoms with Crippen LogP contribution in [0.4, 0.5) is 34.1 Å². The third-order valence-electron chi connectivity index (χ3n) is 26.1. The van der Waals surface area contributed by atoms with Crippen molar-refractivity contribution in [3.63, 3.8) is 0 Å². The molecule has 17 rings (SSSR count). The summed E-state index contributed by atoms with van der Waals surface area (Å²) in [4.78, 5) is 5.25. The first kappa shape index (κ1) is 88.5. The predicted octanol–water partition coefficient (Wildman–Crippen LogP) is 36.1. The number of benzene rings is 13. The highest BCUT2D eigenvalue weighted by Crippen LogP contribution is 2.57. The zero-order chi connectivity index (χ0) is 107. The first-order valence-corrected chi connectivity index (χ1v) is 51.2. The van der Waals surface area contributed by atoms with E-state index in [2.05, 4.69) is 383 Å². The fourth-order valence-electron chi connectivity index (χ4n) is 22.1. The van der Waals surface area contributed by atoms with E-state index in [4.69, 9.17) is 0 Å². The molecule has 15 aromatic rings. The molecule has 4 heterocycles. The number of fused-ring (bicyclic) bond motifs is 10. The van der Waals surface area contributed by atoms with E-state index in [1.54, 1.807) is 0 Å². The van der Waals surface area contributed by atoms with Crippen molar-refractivity contribution in [2.45, 2.75) is 299 Å². The maximum Gasteiger partial charge on any atom is 0.252 e. The number of nitrogens with zero attached hydrogens (tertiary/aromatic N) is 4. The van der Waals surface area contributed by atoms with Gasteiger partial charge in [0.05, 0.1) is 33.4 Å². The molecular formula is C133H161BN4. The molecule has 4 nitrogen and oxygen atoms in total. The summed E-state index contributed by atoms with van der Waals surface area (Å²) in [5.41, 5.74) is 28.5. The van der Waals surface area contributed by atoms with Gasteiger partial charge in [0.1, 0.15) is 0 Å². The molecule has 0 atom stereocenters. The summed E-state index contributed by atoms with van der Waals surface area (Å²) in [5, 5.41) is 4.77. The zero-order valence-corrected chi connectivity index (χ0v) is 89.9. The van der Waals surface area contributed by atoms with Crippen LogP contribution >= 0.6 is 0 Å². The van der Waals surface area contributed by atoms with Crippen molar-refractivity contribution < 1.29 is 11.0 Å². The summed E-state index contributed by atoms with van der Waals surface area (Å²) in [6.45, 7) is 72.2. The fourth-order valence-corrected chi connectivity index (χ4v) is 22.1. The Hall–Kier alpha value is -10.9. The molecular weight excluding hydrogens is 1660 g/mol. The summed E-state index contributed by atoms with van der Waals surface area (Å²) in [7, 11) is 0. The normalized spacial score (nSPS) is 15.1. The molecule has 0 saturated carbocycles. The highest BCUT2D eigenvalue weighted by Gasteiger charge is 2.47. The highest BCUT2D eigenvalue weighted by atomic mass is 15.2. The monoisotopic (exact) mass is 1830 g/mol. The highest BCUT2D eigenvalue weighted by molar-refractivity contribution is 7.00. The van der Waals surface area contributed by atoms with Crippen LogP contribution in [0.25, 0.3) is 99.5 Å². The van der Waals surface area contributed by atoms with Gasteiger partial charge in [-0.3, -0.25) is 0 Å². The largest absolute Gasteiger partial charge is 0.310 e. The molecule has 0 spiro atoms. The lowest BCUT2D eigenvalue weighted by Gasteiger charge is -2.46. The maximum absolute atomic E-state index is 10.3. The summed E-state index contributed by atoms with van der Waals surface area (Å²) >= 11 is 0. The van der Waals surface area contributed by atoms with E-state index in [1.165, 1.54) is 43.8 Å². The van der Waals surface area contributed by atoms with Crippen LogP contribution in [0.5, 0.6) is 0 Å². The van der Waals surface area contributed by atoms with Crippen LogP contribution in [-0.2, 0) is 70.4 Å². The third-order valence-corrected chi connectivity index (χ3v) is 26.1. The van der Waals surface area contributed by atoms with Gasteiger partial charge in [-0.15, -0.1) is 0 Å². The Balaban J connectivity index is 1.12. The van der Waals surface area contributed by atoms with Crippen molar-refractivity contribution in [2.75, 3.05) is 9.80 Å². The molecule has 0 unspecified atom stereocenters. The minimum absolute atomic E-state index is 0.0127. The first-order chi connectivity index (χ1) is 67.2. The van der Waals surface area contributed by atoms with Crippen molar-refractivity contribution in [1.82, 2.24) is 9.13 Å². The van der Waals surface area contributed by atoms with Crippen molar-refractivity contribution in [3.8, 4) is 55.9 Å². The van der Waals surface area contributed by atoms with Gasteiger partial charge in [-0.05, 0) is 339 Å². The molecule has 0 aliphatic carbocycles. The Morgan fingerprint density at radius 1 is 0.210 bits per heavy atom. The van der Waals surface area contributed by atoms with Crippen LogP contribution in [0.15, 0.2) is 243 Å². The Kier molecular flexibility index (Phi) is 22.9. The van der Waals surface area contributed by atoms with Crippen LogP contribution in [0.3, 0.4) is 0 Å². The van der Waals surface area contributed by atoms with E-state index in [9.17, 15) is 11.0 Å². The molecule has 0 fully saturated rings. The Labute approximate surface area is 843 Å². The standard InChI is InChI=1S/C133H161BN4/c1-123(2,3)74-85-38-34-42-96(58-85)102-66-93(82-131(25,26)27)67-103(97-43-35-39-86(59-97)75-124(4,5)6)121(102)137-116-72-100(135-112-54-46-89(78-127(13,14)15)62-106(112)107-63-90(47-55-113(107)135)79-128(16,17)18)50-52-110(116)134-111-53-51-101(136-114-56-48-91(80-129(19,20)21)64-108(114)109-65-92(49-57-115(109)136)81-130(22,23)24)73-117(111)138(119-71-95(84-133(31,32)33)70-118(137)120(119)134)122-104(98-44-36-40-87(60-98)76-125(7,8)9)68-94(83-132(28,29)30)69-105(122)99-45-37-41-88(61-99)77-126(10,11)12/h34-73H,74-84H2,1-33H3/i74D2,75D2,76D2,77D2. The van der Waals surface area contributed by atoms with Crippen LogP contribution < -0.4 is 26.2 Å². The van der Waals surface area contributed by atoms with Gasteiger partial charge in [-0.2, -0.15) is 0 Å². The van der Waals surface area contributed by atoms with Crippen LogP contribution in [-0.4, -0.2) is 15.8 Å². The maximum atomic E-state index is 10.3. The van der Waals surface area contributed by atoms with E-state index in [0.717, 1.165) is 171 Å². The Morgan fingerprint density at radius 2 is 0.442 bits per heavy atom. The van der Waals surface area contributed by atoms with Gasteiger partial charge < -0.3 is 18.9 Å². The molecule has 5 heteroatoms. The van der Waals surface area contributed by atoms with Crippen molar-refractivity contribution in [3.05, 3.63) is 304 Å². The summed E-state index contributed by atoms with van der Waals surface area (Å²) < 4.78 is 87.4. The molecule has 13 aromatic carbocycles. The second-order valence-corrected chi connectivity index (χ2v) is 53.8. The number of rotatable bonds is 19. The molecule has 0 bridgehead atoms. The second kappa shape index (κ2) is 35.7. The van der Waals surface area contributed by atoms with Gasteiger partial charge in [0, 0.05) is 88.9 Å². The van der Waals surface area contributed by atoms with Crippen LogP contribution in [0.1, 0.15) is 301 Å². The molecule has 2 aromatic heterocycles. The van der Waals surface area contributed by atoms with Gasteiger partial charge in [0.25, 0.3) is 6.71 Å². The average Bonchev–Trinajstić information content (AvgIpc) is 0.788. The molecule has 716 valence electrons. The molecule has 0 radical (unpaired) electrons. The van der Waals surface area contributed by atoms with Crippen molar-refractivity contribution >= 4 is 101 Å². The number of aromatic nitrogens is 2. The van der Waals surface area contributed by atoms with Gasteiger partial charge in [0.15, 0.2) is 0 Å². The summed E-state index contributed by atoms with van der Waals surface area (Å²) in [5.74, 6) is 0. The molecule has 0 N–H and O–H groups in total. The SMILES string of the molecule is [2H]C([2H])(c1cccc(-c2cc(CC(C)(C)C)cc(-c3cccc(C([2H])([2H])C(C)(C)C)c3)c2N2c3cc(-n4c5ccc(CC(C)(C)C)cc5c5cc(CC(C)(C)C)ccc54)ccc3B3c4ccc(-n5c6ccc(CC(C)(C)C)cc6c6cc(CC(C)(C)C)ccc65)cc4N(c4c(-c5cccc(C([2H])([2H])C(C)(C)C)c5)cc(CC(C)(C)C)cc4-c4cccc(C([2H])([2H])C(C)(C)C)c4)c4cc(CC(C)(C)C)cc2c43)c1)C(C)(C)C. The van der Waals surface area contributed by atoms with E-state index in [0.29, 0.717) is 41.5 Å². The number of hydrogen-bond acceptors (Lipinski definition) is 2. The number of anilines is 6. The lowest BCUT2D eigenvalue weighted by atomic mass is 9.33. The van der Waals surface area contributed by atoms with Crippen LogP contribution in [0, 0.1) is 59.6 Å². The van der Waals surface area contributed by atoms with Gasteiger partial charge in [0.2, 0.25) is 0 Å². The topological polar surface area (TPSA) is 16.3 Å². The van der Waals surface area contributed by atoms with Crippen molar-refractivity contribution in [1.29, 1.82) is 0 Å². The lowest BCUT2D eigenvalue weighted by Crippen LogP contribution is -2.61. The Bertz CT molecular complexity index is 6850. The molecule has 0 saturated heterocycles. The minimum Gasteiger partial charge on any atom is -0.310 e. The summed E-state index contributed by atoms with van der Waals surface area (Å²) in [6, 6.07) is 91.4. The van der Waals surface area contributed by atoms with Gasteiger partial charge >= 0.3 is 0 Å². The molecule has 2 aliphatic heterocycles. The van der Waals surface area contributed by atoms with E-state index in [1.807, 2.05) is 107 Å². The van der Waals surface area contributed by atoms with E-state index >= 15 is 0 Å². The smallest absolute Gasteiger partial charge is 0.252 e. The van der Waals surface area contributed by atoms with Gasteiger partial charge in [-0.1, -0.05) is 362 Å². The summed E-state index contributed by atoms with van der Waals surface area (Å²) in [6.07, 6.45) is -1.69. The second-order valence-electron chi connectivity index (χ2n) is 53.8. The van der Waals surface area contributed by atoms with Crippen LogP contribution in [0.2, 0.25) is 0 Å². The van der Waals surface area contributed by atoms with E-state index < -0.39 is 53.9 Å². The zero-order valence-electron chi connectivity index (χ0n) is 97.9. The molecule has 0 amide bonds. The third kappa shape index (κ3) is 22.3. The quantitative estimate of drug-likeness (QED) is 0.0750. The minimum atomic E-state index is -1.81. The van der Waals surface area contributed by atoms with E-state index in [-0.39, 0.29) is 37.9 Å². The average molecular weight is 1830 g/mol. The fraction of sp³-hybridized carbons (Fsp3) is 0.414. The number of hydrogen-bond donors (Lipinski definition) is 0. The molecule has 138 heavy (non-hydrogen) atoms. The van der Waals surface area contributed by atoms with Gasteiger partial charge in [-0.25, -0.2) is 0 Å². The predicted molar refractivity (Wildman–Crippen MR) is 606 cm³/mol. The molecule has 2 aliphatic rings. The Morgan fingerprint density at radius 3 is 0.674 bits per heavy atom. The lowest BCUT2D eigenvalue weighted by molar-refractivity contribution is 0.410.